The predicted molar refractivity (Wildman–Crippen MR) is 100 cm³/mol. The van der Waals surface area contributed by atoms with E-state index in [1.807, 2.05) is 54.6 Å². The Morgan fingerprint density at radius 3 is 2.56 bits per heavy atom. The Morgan fingerprint density at radius 2 is 1.85 bits per heavy atom. The highest BCUT2D eigenvalue weighted by Gasteiger charge is 2.36. The van der Waals surface area contributed by atoms with E-state index in [0.717, 1.165) is 17.3 Å². The topological polar surface area (TPSA) is 55.8 Å². The fourth-order valence-corrected chi connectivity index (χ4v) is 3.16. The molecule has 0 bridgehead atoms. The first-order valence-electron chi connectivity index (χ1n) is 9.25. The zero-order chi connectivity index (χ0) is 18.6. The molecule has 5 heteroatoms. The van der Waals surface area contributed by atoms with Crippen molar-refractivity contribution in [2.75, 3.05) is 6.61 Å². The Labute approximate surface area is 158 Å². The molecule has 1 amide bonds. The van der Waals surface area contributed by atoms with Gasteiger partial charge in [-0.25, -0.2) is 0 Å². The van der Waals surface area contributed by atoms with Crippen molar-refractivity contribution < 1.29 is 18.4 Å². The Hall–Kier alpha value is -2.95. The lowest BCUT2D eigenvalue weighted by Gasteiger charge is -2.20. The number of furan rings is 2. The number of amides is 1. The van der Waals surface area contributed by atoms with E-state index in [0.29, 0.717) is 30.7 Å². The molecule has 1 aliphatic carbocycles. The number of benzene rings is 1. The molecule has 1 saturated carbocycles. The lowest BCUT2D eigenvalue weighted by Crippen LogP contribution is -2.33. The van der Waals surface area contributed by atoms with Crippen molar-refractivity contribution >= 4 is 5.91 Å². The highest BCUT2D eigenvalue weighted by atomic mass is 16.5. The van der Waals surface area contributed by atoms with Crippen molar-refractivity contribution in [3.8, 4) is 5.75 Å². The number of para-hydroxylation sites is 1. The van der Waals surface area contributed by atoms with Gasteiger partial charge in [-0.2, -0.15) is 0 Å². The van der Waals surface area contributed by atoms with E-state index in [2.05, 4.69) is 6.92 Å². The van der Waals surface area contributed by atoms with Gasteiger partial charge in [0.15, 0.2) is 6.61 Å². The van der Waals surface area contributed by atoms with Crippen molar-refractivity contribution in [2.24, 2.45) is 5.92 Å². The van der Waals surface area contributed by atoms with E-state index >= 15 is 0 Å². The predicted octanol–water partition coefficient (Wildman–Crippen LogP) is 4.60. The maximum atomic E-state index is 12.8. The summed E-state index contributed by atoms with van der Waals surface area (Å²) in [5.41, 5.74) is 0. The third kappa shape index (κ3) is 4.42. The highest BCUT2D eigenvalue weighted by Crippen LogP contribution is 2.47. The average molecular weight is 365 g/mol. The normalized spacial score (nSPS) is 18.3. The Morgan fingerprint density at radius 1 is 1.07 bits per heavy atom. The molecule has 0 saturated heterocycles. The van der Waals surface area contributed by atoms with Gasteiger partial charge in [0, 0.05) is 5.92 Å². The average Bonchev–Trinajstić information content (AvgIpc) is 3.07. The lowest BCUT2D eigenvalue weighted by molar-refractivity contribution is -0.135. The molecule has 3 aromatic rings. The van der Waals surface area contributed by atoms with Crippen LogP contribution in [-0.2, 0) is 17.9 Å². The fraction of sp³-hybridized carbons (Fsp3) is 0.318. The highest BCUT2D eigenvalue weighted by molar-refractivity contribution is 5.77. The molecule has 1 aromatic carbocycles. The van der Waals surface area contributed by atoms with Crippen molar-refractivity contribution in [3.05, 3.63) is 78.1 Å². The van der Waals surface area contributed by atoms with Crippen LogP contribution < -0.4 is 4.74 Å². The number of ether oxygens (including phenoxy) is 1. The molecule has 1 aliphatic rings. The van der Waals surface area contributed by atoms with Crippen molar-refractivity contribution in [1.82, 2.24) is 4.90 Å². The molecule has 0 radical (unpaired) electrons. The van der Waals surface area contributed by atoms with E-state index in [9.17, 15) is 4.79 Å². The SMILES string of the molecule is CC1CC1c1ccc(CN(Cc2ccco2)C(=O)COc2ccccc2)o1. The zero-order valence-electron chi connectivity index (χ0n) is 15.3. The van der Waals surface area contributed by atoms with E-state index in [1.54, 1.807) is 11.2 Å². The van der Waals surface area contributed by atoms with Crippen LogP contribution in [0.3, 0.4) is 0 Å². The van der Waals surface area contributed by atoms with Crippen molar-refractivity contribution in [3.63, 3.8) is 0 Å². The summed E-state index contributed by atoms with van der Waals surface area (Å²) in [5, 5.41) is 0. The summed E-state index contributed by atoms with van der Waals surface area (Å²) in [6.07, 6.45) is 2.78. The van der Waals surface area contributed by atoms with Crippen LogP contribution >= 0.6 is 0 Å². The Bertz CT molecular complexity index is 869. The molecular weight excluding hydrogens is 342 g/mol. The summed E-state index contributed by atoms with van der Waals surface area (Å²) in [6, 6.07) is 17.0. The maximum absolute atomic E-state index is 12.8. The molecule has 2 unspecified atom stereocenters. The second kappa shape index (κ2) is 7.74. The lowest BCUT2D eigenvalue weighted by atomic mass is 10.3. The van der Waals surface area contributed by atoms with Crippen LogP contribution in [-0.4, -0.2) is 17.4 Å². The third-order valence-corrected chi connectivity index (χ3v) is 4.89. The van der Waals surface area contributed by atoms with Gasteiger partial charge in [0.1, 0.15) is 23.0 Å². The quantitative estimate of drug-likeness (QED) is 0.585. The van der Waals surface area contributed by atoms with Crippen LogP contribution in [0.2, 0.25) is 0 Å². The van der Waals surface area contributed by atoms with Gasteiger partial charge in [-0.15, -0.1) is 0 Å². The second-order valence-corrected chi connectivity index (χ2v) is 7.05. The van der Waals surface area contributed by atoms with Crippen LogP contribution in [0.4, 0.5) is 0 Å². The van der Waals surface area contributed by atoms with Gasteiger partial charge in [0.05, 0.1) is 19.4 Å². The fourth-order valence-electron chi connectivity index (χ4n) is 3.16. The van der Waals surface area contributed by atoms with Crippen molar-refractivity contribution in [1.29, 1.82) is 0 Å². The first kappa shape index (κ1) is 17.5. The summed E-state index contributed by atoms with van der Waals surface area (Å²) in [7, 11) is 0. The minimum atomic E-state index is -0.118. The molecular formula is C22H23NO4. The number of hydrogen-bond donors (Lipinski definition) is 0. The van der Waals surface area contributed by atoms with Gasteiger partial charge in [-0.3, -0.25) is 4.79 Å². The largest absolute Gasteiger partial charge is 0.484 e. The summed E-state index contributed by atoms with van der Waals surface area (Å²) >= 11 is 0. The molecule has 4 rings (SSSR count). The first-order chi connectivity index (χ1) is 13.2. The first-order valence-corrected chi connectivity index (χ1v) is 9.25. The zero-order valence-corrected chi connectivity index (χ0v) is 15.3. The van der Waals surface area contributed by atoms with Gasteiger partial charge >= 0.3 is 0 Å². The molecule has 0 N–H and O–H groups in total. The number of nitrogens with zero attached hydrogens (tertiary/aromatic N) is 1. The van der Waals surface area contributed by atoms with Gasteiger partial charge in [-0.1, -0.05) is 25.1 Å². The molecule has 27 heavy (non-hydrogen) atoms. The van der Waals surface area contributed by atoms with Crippen molar-refractivity contribution in [2.45, 2.75) is 32.4 Å². The smallest absolute Gasteiger partial charge is 0.261 e. The summed E-state index contributed by atoms with van der Waals surface area (Å²) in [6.45, 7) is 2.96. The summed E-state index contributed by atoms with van der Waals surface area (Å²) < 4.78 is 17.0. The monoisotopic (exact) mass is 365 g/mol. The van der Waals surface area contributed by atoms with E-state index < -0.39 is 0 Å². The number of carbonyl (C=O) groups excluding carboxylic acids is 1. The molecule has 2 aromatic heterocycles. The minimum absolute atomic E-state index is 0.0298. The number of hydrogen-bond acceptors (Lipinski definition) is 4. The van der Waals surface area contributed by atoms with Crippen LogP contribution in [0.15, 0.2) is 69.7 Å². The van der Waals surface area contributed by atoms with Gasteiger partial charge < -0.3 is 18.5 Å². The Kier molecular flexibility index (Phi) is 5.01. The second-order valence-electron chi connectivity index (χ2n) is 7.05. The van der Waals surface area contributed by atoms with Gasteiger partial charge in [-0.05, 0) is 48.7 Å². The standard InChI is InChI=1S/C22H23NO4/c1-16-12-20(16)21-10-9-19(27-21)14-23(13-18-8-5-11-25-18)22(24)15-26-17-6-3-2-4-7-17/h2-11,16,20H,12-15H2,1H3. The summed E-state index contributed by atoms with van der Waals surface area (Å²) in [5.74, 6) is 4.29. The third-order valence-electron chi connectivity index (χ3n) is 4.89. The molecule has 2 atom stereocenters. The molecule has 2 heterocycles. The molecule has 5 nitrogen and oxygen atoms in total. The number of carbonyl (C=O) groups is 1. The van der Waals surface area contributed by atoms with E-state index in [-0.39, 0.29) is 12.5 Å². The molecule has 1 fully saturated rings. The van der Waals surface area contributed by atoms with E-state index in [4.69, 9.17) is 13.6 Å². The van der Waals surface area contributed by atoms with Gasteiger partial charge in [0.25, 0.3) is 5.91 Å². The summed E-state index contributed by atoms with van der Waals surface area (Å²) in [4.78, 5) is 14.5. The molecule has 0 aliphatic heterocycles. The van der Waals surface area contributed by atoms with Gasteiger partial charge in [0.2, 0.25) is 0 Å². The minimum Gasteiger partial charge on any atom is -0.484 e. The maximum Gasteiger partial charge on any atom is 0.261 e. The van der Waals surface area contributed by atoms with Crippen LogP contribution in [0, 0.1) is 5.92 Å². The van der Waals surface area contributed by atoms with Crippen LogP contribution in [0.25, 0.3) is 0 Å². The molecule has 140 valence electrons. The van der Waals surface area contributed by atoms with Crippen LogP contribution in [0.5, 0.6) is 5.75 Å². The number of rotatable bonds is 8. The van der Waals surface area contributed by atoms with E-state index in [1.165, 1.54) is 6.42 Å². The Balaban J connectivity index is 1.43. The van der Waals surface area contributed by atoms with Crippen LogP contribution in [0.1, 0.15) is 36.5 Å². The molecule has 0 spiro atoms.